The summed E-state index contributed by atoms with van der Waals surface area (Å²) >= 11 is 1.31. The molecular weight excluding hydrogens is 314 g/mol. The molecule has 0 radical (unpaired) electrons. The first-order valence-electron chi connectivity index (χ1n) is 7.46. The molecule has 1 atom stereocenters. The molecule has 1 saturated heterocycles. The monoisotopic (exact) mass is 333 g/mol. The highest BCUT2D eigenvalue weighted by Crippen LogP contribution is 2.29. The molecule has 1 aromatic heterocycles. The van der Waals surface area contributed by atoms with E-state index in [9.17, 15) is 4.79 Å². The average Bonchev–Trinajstić information content (AvgIpc) is 3.00. The molecular formula is C15H19N5O2S. The molecule has 2 heterocycles. The number of primary amides is 1. The van der Waals surface area contributed by atoms with E-state index in [0.717, 1.165) is 24.7 Å². The summed E-state index contributed by atoms with van der Waals surface area (Å²) in [5.74, 6) is 0.393. The normalized spacial score (nSPS) is 16.3. The van der Waals surface area contributed by atoms with Crippen molar-refractivity contribution in [3.8, 4) is 5.69 Å². The van der Waals surface area contributed by atoms with E-state index in [2.05, 4.69) is 15.1 Å². The Bertz CT molecular complexity index is 670. The summed E-state index contributed by atoms with van der Waals surface area (Å²) in [5, 5.41) is 8.90. The minimum Gasteiger partial charge on any atom is -0.378 e. The van der Waals surface area contributed by atoms with E-state index < -0.39 is 0 Å². The quantitative estimate of drug-likeness (QED) is 0.824. The molecule has 1 unspecified atom stereocenters. The molecule has 1 aliphatic heterocycles. The fraction of sp³-hybridized carbons (Fsp3) is 0.400. The summed E-state index contributed by atoms with van der Waals surface area (Å²) in [6.07, 6.45) is 0. The number of carbonyl (C=O) groups excluding carboxylic acids is 1. The minimum atomic E-state index is -0.376. The van der Waals surface area contributed by atoms with Crippen LogP contribution in [0, 0.1) is 0 Å². The maximum Gasteiger partial charge on any atom is 0.232 e. The molecule has 23 heavy (non-hydrogen) atoms. The van der Waals surface area contributed by atoms with E-state index >= 15 is 0 Å². The molecule has 7 nitrogen and oxygen atoms in total. The lowest BCUT2D eigenvalue weighted by molar-refractivity contribution is -0.117. The van der Waals surface area contributed by atoms with Crippen LogP contribution in [0.5, 0.6) is 0 Å². The fourth-order valence-corrected chi connectivity index (χ4v) is 3.14. The third-order valence-corrected chi connectivity index (χ3v) is 4.67. The molecule has 1 aliphatic rings. The van der Waals surface area contributed by atoms with Crippen LogP contribution in [-0.4, -0.2) is 52.2 Å². The van der Waals surface area contributed by atoms with Gasteiger partial charge in [0.05, 0.1) is 24.2 Å². The van der Waals surface area contributed by atoms with Crippen LogP contribution in [0.2, 0.25) is 0 Å². The van der Waals surface area contributed by atoms with Gasteiger partial charge in [0.15, 0.2) is 5.16 Å². The Morgan fingerprint density at radius 1 is 1.26 bits per heavy atom. The van der Waals surface area contributed by atoms with Gasteiger partial charge in [0.1, 0.15) is 0 Å². The van der Waals surface area contributed by atoms with Crippen molar-refractivity contribution in [2.45, 2.75) is 17.3 Å². The Morgan fingerprint density at radius 2 is 1.96 bits per heavy atom. The van der Waals surface area contributed by atoms with Crippen LogP contribution in [0.1, 0.15) is 6.92 Å². The Morgan fingerprint density at radius 3 is 2.61 bits per heavy atom. The van der Waals surface area contributed by atoms with Crippen molar-refractivity contribution >= 4 is 23.6 Å². The molecule has 122 valence electrons. The Hall–Kier alpha value is -2.06. The number of para-hydroxylation sites is 1. The zero-order chi connectivity index (χ0) is 16.2. The highest BCUT2D eigenvalue weighted by molar-refractivity contribution is 8.00. The van der Waals surface area contributed by atoms with E-state index in [0.29, 0.717) is 18.4 Å². The van der Waals surface area contributed by atoms with Gasteiger partial charge in [0.25, 0.3) is 0 Å². The Balaban J connectivity index is 1.99. The van der Waals surface area contributed by atoms with Crippen molar-refractivity contribution in [2.24, 2.45) is 5.73 Å². The summed E-state index contributed by atoms with van der Waals surface area (Å²) in [7, 11) is 0. The number of thioether (sulfide) groups is 1. The molecule has 0 saturated carbocycles. The molecule has 2 N–H and O–H groups in total. The first-order chi connectivity index (χ1) is 11.2. The predicted octanol–water partition coefficient (Wildman–Crippen LogP) is 1.07. The van der Waals surface area contributed by atoms with Crippen LogP contribution in [0.15, 0.2) is 35.5 Å². The number of morpholine rings is 1. The summed E-state index contributed by atoms with van der Waals surface area (Å²) < 4.78 is 7.37. The molecule has 0 aliphatic carbocycles. The van der Waals surface area contributed by atoms with Crippen molar-refractivity contribution in [1.82, 2.24) is 14.8 Å². The molecule has 0 spiro atoms. The average molecular weight is 333 g/mol. The summed E-state index contributed by atoms with van der Waals surface area (Å²) in [6.45, 7) is 4.64. The number of rotatable bonds is 5. The Labute approximate surface area is 138 Å². The molecule has 8 heteroatoms. The molecule has 1 amide bonds. The van der Waals surface area contributed by atoms with E-state index in [4.69, 9.17) is 10.5 Å². The minimum absolute atomic E-state index is 0.370. The summed E-state index contributed by atoms with van der Waals surface area (Å²) in [5.41, 5.74) is 6.33. The van der Waals surface area contributed by atoms with Crippen molar-refractivity contribution in [2.75, 3.05) is 31.2 Å². The lowest BCUT2D eigenvalue weighted by Gasteiger charge is -2.28. The topological polar surface area (TPSA) is 86.3 Å². The predicted molar refractivity (Wildman–Crippen MR) is 88.9 cm³/mol. The van der Waals surface area contributed by atoms with Gasteiger partial charge in [-0.2, -0.15) is 0 Å². The molecule has 3 rings (SSSR count). The number of carbonyl (C=O) groups is 1. The number of hydrogen-bond acceptors (Lipinski definition) is 6. The van der Waals surface area contributed by atoms with Crippen molar-refractivity contribution in [3.63, 3.8) is 0 Å². The number of nitrogens with zero attached hydrogens (tertiary/aromatic N) is 4. The smallest absolute Gasteiger partial charge is 0.232 e. The van der Waals surface area contributed by atoms with Gasteiger partial charge in [0, 0.05) is 13.1 Å². The van der Waals surface area contributed by atoms with Gasteiger partial charge in [-0.1, -0.05) is 30.0 Å². The van der Waals surface area contributed by atoms with Crippen LogP contribution in [-0.2, 0) is 9.53 Å². The van der Waals surface area contributed by atoms with Gasteiger partial charge < -0.3 is 15.4 Å². The standard InChI is InChI=1S/C15H19N5O2S/c1-11(13(16)21)23-15-18-17-14(19-7-9-22-10-8-19)20(15)12-5-3-2-4-6-12/h2-6,11H,7-10H2,1H3,(H2,16,21). The second-order valence-electron chi connectivity index (χ2n) is 5.22. The number of hydrogen-bond donors (Lipinski definition) is 1. The van der Waals surface area contributed by atoms with Crippen molar-refractivity contribution in [3.05, 3.63) is 30.3 Å². The molecule has 1 aromatic carbocycles. The maximum atomic E-state index is 11.4. The number of aromatic nitrogens is 3. The first-order valence-corrected chi connectivity index (χ1v) is 8.34. The number of amides is 1. The van der Waals surface area contributed by atoms with Crippen molar-refractivity contribution in [1.29, 1.82) is 0 Å². The zero-order valence-corrected chi connectivity index (χ0v) is 13.7. The second kappa shape index (κ2) is 7.01. The van der Waals surface area contributed by atoms with Crippen LogP contribution in [0.25, 0.3) is 5.69 Å². The van der Waals surface area contributed by atoms with Gasteiger partial charge in [-0.15, -0.1) is 10.2 Å². The van der Waals surface area contributed by atoms with E-state index in [-0.39, 0.29) is 11.2 Å². The molecule has 2 aromatic rings. The second-order valence-corrected chi connectivity index (χ2v) is 6.52. The number of benzene rings is 1. The molecule has 0 bridgehead atoms. The maximum absolute atomic E-state index is 11.4. The van der Waals surface area contributed by atoms with Gasteiger partial charge in [-0.05, 0) is 19.1 Å². The van der Waals surface area contributed by atoms with Gasteiger partial charge in [-0.3, -0.25) is 9.36 Å². The first kappa shape index (κ1) is 15.8. The lowest BCUT2D eigenvalue weighted by atomic mass is 10.3. The summed E-state index contributed by atoms with van der Waals surface area (Å²) in [6, 6.07) is 9.87. The number of anilines is 1. The lowest BCUT2D eigenvalue weighted by Crippen LogP contribution is -2.37. The number of ether oxygens (including phenoxy) is 1. The fourth-order valence-electron chi connectivity index (χ4n) is 2.33. The third kappa shape index (κ3) is 3.48. The largest absolute Gasteiger partial charge is 0.378 e. The highest BCUT2D eigenvalue weighted by Gasteiger charge is 2.23. The van der Waals surface area contributed by atoms with Crippen molar-refractivity contribution < 1.29 is 9.53 Å². The van der Waals surface area contributed by atoms with Crippen LogP contribution in [0.4, 0.5) is 5.95 Å². The SMILES string of the molecule is CC(Sc1nnc(N2CCOCC2)n1-c1ccccc1)C(N)=O. The third-order valence-electron chi connectivity index (χ3n) is 3.61. The Kier molecular flexibility index (Phi) is 4.82. The van der Waals surface area contributed by atoms with Gasteiger partial charge in [0.2, 0.25) is 11.9 Å². The van der Waals surface area contributed by atoms with Crippen LogP contribution >= 0.6 is 11.8 Å². The highest BCUT2D eigenvalue weighted by atomic mass is 32.2. The van der Waals surface area contributed by atoms with Gasteiger partial charge >= 0.3 is 0 Å². The van der Waals surface area contributed by atoms with E-state index in [1.165, 1.54) is 11.8 Å². The van der Waals surface area contributed by atoms with E-state index in [1.54, 1.807) is 6.92 Å². The van der Waals surface area contributed by atoms with Crippen LogP contribution in [0.3, 0.4) is 0 Å². The summed E-state index contributed by atoms with van der Waals surface area (Å²) in [4.78, 5) is 13.5. The number of nitrogens with two attached hydrogens (primary N) is 1. The van der Waals surface area contributed by atoms with E-state index in [1.807, 2.05) is 34.9 Å². The zero-order valence-electron chi connectivity index (χ0n) is 12.9. The molecule has 1 fully saturated rings. The van der Waals surface area contributed by atoms with Gasteiger partial charge in [-0.25, -0.2) is 0 Å². The van der Waals surface area contributed by atoms with Crippen LogP contribution < -0.4 is 10.6 Å².